The molecule has 1 saturated carbocycles. The number of carbonyl (C=O) groups excluding carboxylic acids is 1. The second kappa shape index (κ2) is 8.48. The zero-order valence-electron chi connectivity index (χ0n) is 17.0. The van der Waals surface area contributed by atoms with Crippen molar-refractivity contribution in [3.63, 3.8) is 0 Å². The van der Waals surface area contributed by atoms with Crippen LogP contribution in [0.15, 0.2) is 30.3 Å². The van der Waals surface area contributed by atoms with Gasteiger partial charge in [-0.1, -0.05) is 43.2 Å². The summed E-state index contributed by atoms with van der Waals surface area (Å²) in [7, 11) is 0. The van der Waals surface area contributed by atoms with E-state index in [0.717, 1.165) is 31.2 Å². The normalized spacial score (nSPS) is 33.2. The predicted octanol–water partition coefficient (Wildman–Crippen LogP) is 2.93. The van der Waals surface area contributed by atoms with E-state index >= 15 is 0 Å². The molecule has 166 valence electrons. The Kier molecular flexibility index (Phi) is 6.10. The Morgan fingerprint density at radius 1 is 1.17 bits per heavy atom. The molecule has 1 aromatic rings. The highest BCUT2D eigenvalue weighted by atomic mass is 19.4. The second-order valence-corrected chi connectivity index (χ2v) is 8.74. The first-order valence-corrected chi connectivity index (χ1v) is 10.8. The molecule has 4 rings (SSSR count). The molecule has 0 radical (unpaired) electrons. The molecule has 0 bridgehead atoms. The molecular weight excluding hydrogens is 397 g/mol. The predicted molar refractivity (Wildman–Crippen MR) is 105 cm³/mol. The summed E-state index contributed by atoms with van der Waals surface area (Å²) in [4.78, 5) is 16.3. The molecule has 2 saturated heterocycles. The minimum absolute atomic E-state index is 0.0464. The number of carbonyl (C=O) groups is 1. The molecule has 2 heterocycles. The maximum Gasteiger partial charge on any atom is 0.401 e. The molecule has 1 amide bonds. The van der Waals surface area contributed by atoms with Gasteiger partial charge in [0.1, 0.15) is 6.10 Å². The monoisotopic (exact) mass is 426 g/mol. The molecule has 1 N–H and O–H groups in total. The Morgan fingerprint density at radius 3 is 2.63 bits per heavy atom. The fourth-order valence-corrected chi connectivity index (χ4v) is 5.48. The van der Waals surface area contributed by atoms with Crippen LogP contribution >= 0.6 is 0 Å². The summed E-state index contributed by atoms with van der Waals surface area (Å²) in [6.07, 6.45) is -1.17. The smallest absolute Gasteiger partial charge is 0.385 e. The van der Waals surface area contributed by atoms with Gasteiger partial charge >= 0.3 is 6.18 Å². The maximum atomic E-state index is 13.3. The van der Waals surface area contributed by atoms with E-state index < -0.39 is 24.4 Å². The Balaban J connectivity index is 1.50. The fourth-order valence-electron chi connectivity index (χ4n) is 5.48. The van der Waals surface area contributed by atoms with E-state index in [-0.39, 0.29) is 37.6 Å². The summed E-state index contributed by atoms with van der Waals surface area (Å²) in [5.74, 6) is -0.324. The largest absolute Gasteiger partial charge is 0.401 e. The van der Waals surface area contributed by atoms with Crippen LogP contribution in [0.1, 0.15) is 37.7 Å². The molecule has 0 aromatic heterocycles. The van der Waals surface area contributed by atoms with Crippen LogP contribution in [0.25, 0.3) is 0 Å². The number of hydrogen-bond donors (Lipinski definition) is 1. The second-order valence-electron chi connectivity index (χ2n) is 8.74. The Hall–Kier alpha value is -1.64. The number of benzene rings is 1. The lowest BCUT2D eigenvalue weighted by atomic mass is 9.66. The number of alkyl halides is 3. The van der Waals surface area contributed by atoms with Crippen LogP contribution in [0, 0.1) is 5.92 Å². The average Bonchev–Trinajstić information content (AvgIpc) is 2.73. The highest BCUT2D eigenvalue weighted by Crippen LogP contribution is 2.47. The van der Waals surface area contributed by atoms with E-state index in [2.05, 4.69) is 0 Å². The van der Waals surface area contributed by atoms with Gasteiger partial charge in [0.15, 0.2) is 0 Å². The third-order valence-electron chi connectivity index (χ3n) is 6.86. The van der Waals surface area contributed by atoms with Gasteiger partial charge < -0.3 is 14.7 Å². The van der Waals surface area contributed by atoms with Gasteiger partial charge in [0.05, 0.1) is 18.8 Å². The molecule has 0 spiro atoms. The lowest BCUT2D eigenvalue weighted by Crippen LogP contribution is -2.62. The number of ether oxygens (including phenoxy) is 1. The van der Waals surface area contributed by atoms with Crippen molar-refractivity contribution in [1.82, 2.24) is 9.80 Å². The molecule has 1 aliphatic carbocycles. The number of halogens is 3. The highest BCUT2D eigenvalue weighted by Gasteiger charge is 2.51. The van der Waals surface area contributed by atoms with E-state index in [1.54, 1.807) is 4.90 Å². The van der Waals surface area contributed by atoms with E-state index in [4.69, 9.17) is 4.74 Å². The van der Waals surface area contributed by atoms with Crippen LogP contribution in [0.5, 0.6) is 0 Å². The molecular formula is C22H29F3N2O3. The van der Waals surface area contributed by atoms with Crippen LogP contribution in [-0.4, -0.2) is 71.9 Å². The number of fused-ring (bicyclic) bond motifs is 1. The molecule has 8 heteroatoms. The third kappa shape index (κ3) is 4.36. The first-order chi connectivity index (χ1) is 14.3. The van der Waals surface area contributed by atoms with Crippen molar-refractivity contribution >= 4 is 5.91 Å². The summed E-state index contributed by atoms with van der Waals surface area (Å²) in [6.45, 7) is -0.412. The van der Waals surface area contributed by atoms with Gasteiger partial charge in [0.25, 0.3) is 5.91 Å². The summed E-state index contributed by atoms with van der Waals surface area (Å²) >= 11 is 0. The highest BCUT2D eigenvalue weighted by molar-refractivity contribution is 5.82. The molecule has 3 aliphatic rings. The number of aliphatic hydroxyl groups is 1. The van der Waals surface area contributed by atoms with Gasteiger partial charge in [-0.2, -0.15) is 13.2 Å². The van der Waals surface area contributed by atoms with Crippen molar-refractivity contribution in [2.45, 2.75) is 56.0 Å². The van der Waals surface area contributed by atoms with Crippen LogP contribution in [0.4, 0.5) is 13.2 Å². The first kappa shape index (κ1) is 21.6. The standard InChI is InChI=1S/C22H29F3N2O3/c23-22(24,25)15-26-12-13-30-19(14-26)20(28)27-11-10-21(29,16-6-2-1-3-7-16)17-8-4-5-9-18(17)27/h1-3,6-7,17-19,29H,4-5,8-15H2/t17-,18+,19?,21-/m1/s1. The number of amides is 1. The van der Waals surface area contributed by atoms with Gasteiger partial charge in [-0.25, -0.2) is 0 Å². The molecule has 2 aliphatic heterocycles. The first-order valence-electron chi connectivity index (χ1n) is 10.8. The Bertz CT molecular complexity index is 745. The van der Waals surface area contributed by atoms with Crippen molar-refractivity contribution in [2.75, 3.05) is 32.8 Å². The van der Waals surface area contributed by atoms with Crippen LogP contribution < -0.4 is 0 Å². The number of nitrogens with zero attached hydrogens (tertiary/aromatic N) is 2. The third-order valence-corrected chi connectivity index (χ3v) is 6.86. The van der Waals surface area contributed by atoms with Gasteiger partial charge in [0, 0.05) is 31.6 Å². The molecule has 1 unspecified atom stereocenters. The molecule has 5 nitrogen and oxygen atoms in total. The van der Waals surface area contributed by atoms with Crippen molar-refractivity contribution < 1.29 is 27.8 Å². The summed E-state index contributed by atoms with van der Waals surface area (Å²) < 4.78 is 43.9. The van der Waals surface area contributed by atoms with Crippen molar-refractivity contribution in [2.24, 2.45) is 5.92 Å². The maximum absolute atomic E-state index is 13.3. The lowest BCUT2D eigenvalue weighted by Gasteiger charge is -2.53. The van der Waals surface area contributed by atoms with E-state index in [1.807, 2.05) is 30.3 Å². The van der Waals surface area contributed by atoms with Gasteiger partial charge in [-0.15, -0.1) is 0 Å². The number of rotatable bonds is 3. The number of morpholine rings is 1. The number of hydrogen-bond acceptors (Lipinski definition) is 4. The quantitative estimate of drug-likeness (QED) is 0.808. The zero-order chi connectivity index (χ0) is 21.4. The average molecular weight is 426 g/mol. The minimum atomic E-state index is -4.29. The molecule has 3 fully saturated rings. The SMILES string of the molecule is O=C(C1CN(CC(F)(F)F)CCO1)N1CC[C@@](O)(c2ccccc2)[C@@H]2CCCC[C@@H]21. The summed E-state index contributed by atoms with van der Waals surface area (Å²) in [5.41, 5.74) is -0.113. The number of piperidine rings is 1. The van der Waals surface area contributed by atoms with Crippen LogP contribution in [-0.2, 0) is 15.1 Å². The zero-order valence-corrected chi connectivity index (χ0v) is 17.0. The Morgan fingerprint density at radius 2 is 1.90 bits per heavy atom. The summed E-state index contributed by atoms with van der Waals surface area (Å²) in [5, 5.41) is 11.6. The Labute approximate surface area is 174 Å². The molecule has 1 aromatic carbocycles. The van der Waals surface area contributed by atoms with Crippen LogP contribution in [0.3, 0.4) is 0 Å². The van der Waals surface area contributed by atoms with Crippen molar-refractivity contribution in [1.29, 1.82) is 0 Å². The molecule has 30 heavy (non-hydrogen) atoms. The summed E-state index contributed by atoms with van der Waals surface area (Å²) in [6, 6.07) is 9.48. The van der Waals surface area contributed by atoms with Crippen LogP contribution in [0.2, 0.25) is 0 Å². The van der Waals surface area contributed by atoms with E-state index in [1.165, 1.54) is 4.90 Å². The van der Waals surface area contributed by atoms with E-state index in [0.29, 0.717) is 13.0 Å². The van der Waals surface area contributed by atoms with Gasteiger partial charge in [0.2, 0.25) is 0 Å². The molecule has 4 atom stereocenters. The van der Waals surface area contributed by atoms with Gasteiger partial charge in [-0.3, -0.25) is 9.69 Å². The van der Waals surface area contributed by atoms with Crippen molar-refractivity contribution in [3.05, 3.63) is 35.9 Å². The lowest BCUT2D eigenvalue weighted by molar-refractivity contribution is -0.179. The fraction of sp³-hybridized carbons (Fsp3) is 0.682. The number of likely N-dealkylation sites (tertiary alicyclic amines) is 1. The van der Waals surface area contributed by atoms with E-state index in [9.17, 15) is 23.1 Å². The topological polar surface area (TPSA) is 53.0 Å². The van der Waals surface area contributed by atoms with Crippen molar-refractivity contribution in [3.8, 4) is 0 Å². The minimum Gasteiger partial charge on any atom is -0.385 e. The van der Waals surface area contributed by atoms with Gasteiger partial charge in [-0.05, 0) is 24.8 Å².